The molecule has 2 heterocycles. The Morgan fingerprint density at radius 2 is 1.62 bits per heavy atom. The number of ether oxygens (including phenoxy) is 2. The third-order valence-corrected chi connectivity index (χ3v) is 5.73. The van der Waals surface area contributed by atoms with E-state index in [-0.39, 0.29) is 12.5 Å². The molecular weight excluding hydrogens is 438 g/mol. The third-order valence-electron chi connectivity index (χ3n) is 5.73. The lowest BCUT2D eigenvalue weighted by Crippen LogP contribution is -2.43. The third kappa shape index (κ3) is 4.88. The molecule has 0 aliphatic carbocycles. The zero-order valence-electron chi connectivity index (χ0n) is 19.2. The summed E-state index contributed by atoms with van der Waals surface area (Å²) < 4.78 is 11.4. The van der Waals surface area contributed by atoms with E-state index in [1.54, 1.807) is 24.3 Å². The van der Waals surface area contributed by atoms with Gasteiger partial charge in [-0.15, -0.1) is 0 Å². The van der Waals surface area contributed by atoms with Gasteiger partial charge in [0.2, 0.25) is 5.91 Å². The molecule has 0 spiro atoms. The summed E-state index contributed by atoms with van der Waals surface area (Å²) in [5.41, 5.74) is 1.52. The number of fused-ring (bicyclic) bond motifs is 1. The number of carbonyl (C=O) groups excluding carboxylic acids is 4. The quantitative estimate of drug-likeness (QED) is 0.498. The van der Waals surface area contributed by atoms with Gasteiger partial charge in [0.15, 0.2) is 11.5 Å². The molecule has 2 aliphatic heterocycles. The maximum Gasteiger partial charge on any atom is 0.335 e. The number of nitrogens with one attached hydrogen (secondary N) is 1. The van der Waals surface area contributed by atoms with Crippen molar-refractivity contribution >= 4 is 23.8 Å². The molecule has 0 saturated carbocycles. The van der Waals surface area contributed by atoms with Gasteiger partial charge in [0, 0.05) is 6.42 Å². The second-order valence-corrected chi connectivity index (χ2v) is 8.60. The molecule has 1 fully saturated rings. The van der Waals surface area contributed by atoms with Crippen LogP contribution in [-0.4, -0.2) is 53.3 Å². The second kappa shape index (κ2) is 9.94. The minimum absolute atomic E-state index is 0.00916. The van der Waals surface area contributed by atoms with Crippen LogP contribution in [0.25, 0.3) is 0 Å². The van der Waals surface area contributed by atoms with E-state index in [1.807, 2.05) is 38.1 Å². The van der Waals surface area contributed by atoms with Crippen molar-refractivity contribution in [3.05, 3.63) is 59.7 Å². The van der Waals surface area contributed by atoms with Gasteiger partial charge >= 0.3 is 17.8 Å². The largest absolute Gasteiger partial charge is 0.490 e. The maximum absolute atomic E-state index is 12.9. The van der Waals surface area contributed by atoms with Crippen LogP contribution in [0.5, 0.6) is 11.5 Å². The molecule has 9 nitrogen and oxygen atoms in total. The van der Waals surface area contributed by atoms with Gasteiger partial charge in [-0.1, -0.05) is 50.2 Å². The van der Waals surface area contributed by atoms with Crippen LogP contribution in [0.3, 0.4) is 0 Å². The summed E-state index contributed by atoms with van der Waals surface area (Å²) in [6, 6.07) is 13.2. The van der Waals surface area contributed by atoms with Gasteiger partial charge in [0.25, 0.3) is 0 Å². The molecule has 1 atom stereocenters. The molecule has 0 radical (unpaired) electrons. The average Bonchev–Trinajstić information content (AvgIpc) is 3.00. The van der Waals surface area contributed by atoms with E-state index in [0.29, 0.717) is 35.2 Å². The first-order valence-corrected chi connectivity index (χ1v) is 11.3. The van der Waals surface area contributed by atoms with Gasteiger partial charge in [0.05, 0.1) is 25.8 Å². The Morgan fingerprint density at radius 1 is 0.941 bits per heavy atom. The van der Waals surface area contributed by atoms with Crippen molar-refractivity contribution in [3.8, 4) is 11.5 Å². The van der Waals surface area contributed by atoms with Crippen LogP contribution >= 0.6 is 0 Å². The SMILES string of the molecule is CC(C)[C@@H](NC(=O)CN1C(=O)C(=O)N(Cc2ccccc2)C1=O)c1ccc2c(c1)OCCCO2. The molecule has 2 aromatic carbocycles. The number of imide groups is 2. The molecule has 1 N–H and O–H groups in total. The normalized spacial score (nSPS) is 16.6. The Balaban J connectivity index is 1.45. The van der Waals surface area contributed by atoms with E-state index in [9.17, 15) is 19.2 Å². The summed E-state index contributed by atoms with van der Waals surface area (Å²) in [5.74, 6) is -1.21. The van der Waals surface area contributed by atoms with Crippen LogP contribution in [0.15, 0.2) is 48.5 Å². The van der Waals surface area contributed by atoms with E-state index in [4.69, 9.17) is 9.47 Å². The van der Waals surface area contributed by atoms with Crippen molar-refractivity contribution in [2.75, 3.05) is 19.8 Å². The second-order valence-electron chi connectivity index (χ2n) is 8.60. The molecule has 2 aliphatic rings. The van der Waals surface area contributed by atoms with Gasteiger partial charge in [-0.3, -0.25) is 19.3 Å². The lowest BCUT2D eigenvalue weighted by molar-refractivity contribution is -0.144. The number of urea groups is 1. The minimum Gasteiger partial charge on any atom is -0.490 e. The molecule has 2 aromatic rings. The molecule has 0 aromatic heterocycles. The summed E-state index contributed by atoms with van der Waals surface area (Å²) in [5, 5.41) is 2.89. The fraction of sp³-hybridized carbons (Fsp3) is 0.360. The summed E-state index contributed by atoms with van der Waals surface area (Å²) in [7, 11) is 0. The Bertz CT molecular complexity index is 1100. The molecule has 4 rings (SSSR count). The molecular formula is C25H27N3O6. The molecule has 5 amide bonds. The van der Waals surface area contributed by atoms with Crippen molar-refractivity contribution < 1.29 is 28.7 Å². The van der Waals surface area contributed by atoms with Gasteiger partial charge in [-0.2, -0.15) is 0 Å². The van der Waals surface area contributed by atoms with Crippen LogP contribution in [-0.2, 0) is 20.9 Å². The van der Waals surface area contributed by atoms with Crippen molar-refractivity contribution in [3.63, 3.8) is 0 Å². The van der Waals surface area contributed by atoms with E-state index in [2.05, 4.69) is 5.32 Å². The van der Waals surface area contributed by atoms with Crippen molar-refractivity contribution in [1.82, 2.24) is 15.1 Å². The average molecular weight is 466 g/mol. The lowest BCUT2D eigenvalue weighted by Gasteiger charge is -2.25. The number of amides is 5. The number of nitrogens with zero attached hydrogens (tertiary/aromatic N) is 2. The molecule has 178 valence electrons. The lowest BCUT2D eigenvalue weighted by atomic mass is 9.95. The first kappa shape index (κ1) is 23.3. The molecule has 0 unspecified atom stereocenters. The predicted molar refractivity (Wildman–Crippen MR) is 122 cm³/mol. The number of hydrogen-bond donors (Lipinski definition) is 1. The monoisotopic (exact) mass is 465 g/mol. The highest BCUT2D eigenvalue weighted by molar-refractivity contribution is 6.44. The minimum atomic E-state index is -1.01. The molecule has 34 heavy (non-hydrogen) atoms. The van der Waals surface area contributed by atoms with Crippen LogP contribution < -0.4 is 14.8 Å². The highest BCUT2D eigenvalue weighted by Crippen LogP contribution is 2.34. The molecule has 9 heteroatoms. The van der Waals surface area contributed by atoms with Crippen molar-refractivity contribution in [2.24, 2.45) is 5.92 Å². The number of hydrogen-bond acceptors (Lipinski definition) is 6. The number of carbonyl (C=O) groups is 4. The zero-order chi connectivity index (χ0) is 24.2. The Hall–Kier alpha value is -3.88. The van der Waals surface area contributed by atoms with Crippen molar-refractivity contribution in [1.29, 1.82) is 0 Å². The van der Waals surface area contributed by atoms with E-state index in [0.717, 1.165) is 16.9 Å². The van der Waals surface area contributed by atoms with Gasteiger partial charge in [-0.25, -0.2) is 9.69 Å². The standard InChI is InChI=1S/C25H27N3O6/c1-16(2)22(18-9-10-19-20(13-18)34-12-6-11-33-19)26-21(29)15-28-24(31)23(30)27(25(28)32)14-17-7-4-3-5-8-17/h3-5,7-10,13,16,22H,6,11-12,14-15H2,1-2H3,(H,26,29)/t22-/m1/s1. The summed E-state index contributed by atoms with van der Waals surface area (Å²) in [6.07, 6.45) is 0.784. The van der Waals surface area contributed by atoms with Gasteiger partial charge < -0.3 is 14.8 Å². The fourth-order valence-corrected chi connectivity index (χ4v) is 3.97. The maximum atomic E-state index is 12.9. The Kier molecular flexibility index (Phi) is 6.81. The highest BCUT2D eigenvalue weighted by Gasteiger charge is 2.45. The zero-order valence-corrected chi connectivity index (χ0v) is 19.2. The van der Waals surface area contributed by atoms with Crippen LogP contribution in [0.1, 0.15) is 37.4 Å². The van der Waals surface area contributed by atoms with Crippen LogP contribution in [0.2, 0.25) is 0 Å². The number of rotatable bonds is 7. The van der Waals surface area contributed by atoms with Crippen molar-refractivity contribution in [2.45, 2.75) is 32.9 Å². The Morgan fingerprint density at radius 3 is 2.32 bits per heavy atom. The highest BCUT2D eigenvalue weighted by atomic mass is 16.5. The first-order chi connectivity index (χ1) is 16.3. The van der Waals surface area contributed by atoms with E-state index < -0.39 is 36.3 Å². The summed E-state index contributed by atoms with van der Waals surface area (Å²) in [4.78, 5) is 52.0. The topological polar surface area (TPSA) is 105 Å². The smallest absolute Gasteiger partial charge is 0.335 e. The Labute approximate surface area is 197 Å². The van der Waals surface area contributed by atoms with Gasteiger partial charge in [-0.05, 0) is 29.2 Å². The van der Waals surface area contributed by atoms with E-state index >= 15 is 0 Å². The molecule has 0 bridgehead atoms. The summed E-state index contributed by atoms with van der Waals surface area (Å²) in [6.45, 7) is 4.45. The predicted octanol–water partition coefficient (Wildman–Crippen LogP) is 2.65. The van der Waals surface area contributed by atoms with Crippen LogP contribution in [0, 0.1) is 5.92 Å². The first-order valence-electron chi connectivity index (χ1n) is 11.3. The van der Waals surface area contributed by atoms with Gasteiger partial charge in [0.1, 0.15) is 6.54 Å². The number of benzene rings is 2. The molecule has 1 saturated heterocycles. The van der Waals surface area contributed by atoms with Crippen LogP contribution in [0.4, 0.5) is 4.79 Å². The van der Waals surface area contributed by atoms with E-state index in [1.165, 1.54) is 0 Å². The summed E-state index contributed by atoms with van der Waals surface area (Å²) >= 11 is 0. The fourth-order valence-electron chi connectivity index (χ4n) is 3.97.